The Kier molecular flexibility index (Phi) is 4.11. The number of amides is 1. The molecule has 1 aromatic rings. The Hall–Kier alpha value is -1.94. The van der Waals surface area contributed by atoms with Gasteiger partial charge in [-0.15, -0.1) is 0 Å². The summed E-state index contributed by atoms with van der Waals surface area (Å²) in [7, 11) is 0. The summed E-state index contributed by atoms with van der Waals surface area (Å²) in [6, 6.07) is 9.18. The van der Waals surface area contributed by atoms with Crippen LogP contribution in [0.25, 0.3) is 5.57 Å². The summed E-state index contributed by atoms with van der Waals surface area (Å²) >= 11 is 0. The van der Waals surface area contributed by atoms with Crippen LogP contribution in [0.3, 0.4) is 0 Å². The van der Waals surface area contributed by atoms with Crippen molar-refractivity contribution in [1.82, 2.24) is 4.90 Å². The minimum atomic E-state index is -1.53. The van der Waals surface area contributed by atoms with E-state index in [1.165, 1.54) is 13.3 Å². The van der Waals surface area contributed by atoms with Crippen LogP contribution in [0.15, 0.2) is 35.9 Å². The van der Waals surface area contributed by atoms with Crippen LogP contribution >= 0.6 is 0 Å². The number of hydrogen-bond donors (Lipinski definition) is 1. The molecule has 0 spiro atoms. The first-order valence-electron chi connectivity index (χ1n) is 8.31. The Morgan fingerprint density at radius 1 is 1.17 bits per heavy atom. The average Bonchev–Trinajstić information content (AvgIpc) is 2.75. The zero-order chi connectivity index (χ0) is 16.6. The van der Waals surface area contributed by atoms with E-state index in [1.54, 1.807) is 11.8 Å². The predicted molar refractivity (Wildman–Crippen MR) is 88.4 cm³/mol. The lowest BCUT2D eigenvalue weighted by atomic mass is 9.92. The molecule has 3 rings (SSSR count). The molecular formula is C19H23NO3. The fourth-order valence-corrected chi connectivity index (χ4v) is 4.03. The Labute approximate surface area is 136 Å². The van der Waals surface area contributed by atoms with Crippen molar-refractivity contribution < 1.29 is 14.7 Å². The van der Waals surface area contributed by atoms with Gasteiger partial charge in [0.25, 0.3) is 5.91 Å². The lowest BCUT2D eigenvalue weighted by molar-refractivity contribution is -0.147. The van der Waals surface area contributed by atoms with Gasteiger partial charge in [-0.2, -0.15) is 0 Å². The van der Waals surface area contributed by atoms with E-state index in [2.05, 4.69) is 0 Å². The van der Waals surface area contributed by atoms with Crippen molar-refractivity contribution in [3.63, 3.8) is 0 Å². The van der Waals surface area contributed by atoms with Crippen molar-refractivity contribution in [2.75, 3.05) is 0 Å². The fraction of sp³-hybridized carbons (Fsp3) is 0.474. The van der Waals surface area contributed by atoms with Crippen LogP contribution in [0.1, 0.15) is 51.5 Å². The van der Waals surface area contributed by atoms with Crippen LogP contribution in [-0.4, -0.2) is 33.5 Å². The first kappa shape index (κ1) is 15.9. The van der Waals surface area contributed by atoms with Gasteiger partial charge >= 0.3 is 0 Å². The third-order valence-corrected chi connectivity index (χ3v) is 4.98. The highest BCUT2D eigenvalue weighted by Crippen LogP contribution is 2.42. The molecule has 1 aliphatic heterocycles. The van der Waals surface area contributed by atoms with Crippen molar-refractivity contribution in [3.05, 3.63) is 41.5 Å². The van der Waals surface area contributed by atoms with Gasteiger partial charge in [0.15, 0.2) is 11.5 Å². The normalized spacial score (nSPS) is 26.0. The van der Waals surface area contributed by atoms with Gasteiger partial charge in [-0.25, -0.2) is 0 Å². The average molecular weight is 313 g/mol. The van der Waals surface area contributed by atoms with Gasteiger partial charge in [0.1, 0.15) is 0 Å². The first-order valence-corrected chi connectivity index (χ1v) is 8.31. The van der Waals surface area contributed by atoms with Crippen LogP contribution in [0.2, 0.25) is 0 Å². The van der Waals surface area contributed by atoms with Gasteiger partial charge in [0.05, 0.1) is 11.1 Å². The molecule has 1 aromatic carbocycles. The fourth-order valence-electron chi connectivity index (χ4n) is 4.03. The quantitative estimate of drug-likeness (QED) is 0.933. The number of Topliss-reactive ketones (excluding diaryl/α,β-unsaturated/α-hetero) is 1. The van der Waals surface area contributed by atoms with Gasteiger partial charge in [0.2, 0.25) is 0 Å². The summed E-state index contributed by atoms with van der Waals surface area (Å²) in [5.41, 5.74) is -0.259. The third-order valence-electron chi connectivity index (χ3n) is 4.98. The van der Waals surface area contributed by atoms with E-state index in [0.29, 0.717) is 11.1 Å². The van der Waals surface area contributed by atoms with E-state index < -0.39 is 5.72 Å². The first-order chi connectivity index (χ1) is 10.9. The van der Waals surface area contributed by atoms with E-state index in [4.69, 9.17) is 0 Å². The second-order valence-electron chi connectivity index (χ2n) is 6.66. The number of ketones is 1. The van der Waals surface area contributed by atoms with Crippen molar-refractivity contribution in [1.29, 1.82) is 0 Å². The number of carbonyl (C=O) groups is 2. The lowest BCUT2D eigenvalue weighted by Crippen LogP contribution is -2.52. The second-order valence-corrected chi connectivity index (χ2v) is 6.66. The predicted octanol–water partition coefficient (Wildman–Crippen LogP) is 2.91. The summed E-state index contributed by atoms with van der Waals surface area (Å²) in [5.74, 6) is -0.473. The molecule has 0 bridgehead atoms. The Bertz CT molecular complexity index is 654. The third kappa shape index (κ3) is 2.61. The van der Waals surface area contributed by atoms with Crippen molar-refractivity contribution >= 4 is 17.3 Å². The van der Waals surface area contributed by atoms with Gasteiger partial charge < -0.3 is 10.0 Å². The Morgan fingerprint density at radius 2 is 1.78 bits per heavy atom. The SMILES string of the molecule is CC(=O)C1=C(c2ccccc2)C(=O)N(C2CCCCC2)C1(C)O. The zero-order valence-electron chi connectivity index (χ0n) is 13.7. The molecule has 1 atom stereocenters. The highest BCUT2D eigenvalue weighted by molar-refractivity contribution is 6.29. The molecule has 0 aromatic heterocycles. The molecule has 1 aliphatic carbocycles. The molecule has 23 heavy (non-hydrogen) atoms. The molecule has 1 saturated carbocycles. The summed E-state index contributed by atoms with van der Waals surface area (Å²) in [5, 5.41) is 11.1. The monoisotopic (exact) mass is 313 g/mol. The molecule has 4 heteroatoms. The summed E-state index contributed by atoms with van der Waals surface area (Å²) in [4.78, 5) is 26.9. The number of carbonyl (C=O) groups excluding carboxylic acids is 2. The maximum atomic E-state index is 13.1. The van der Waals surface area contributed by atoms with Crippen LogP contribution in [0.5, 0.6) is 0 Å². The van der Waals surface area contributed by atoms with Crippen molar-refractivity contribution in [2.45, 2.75) is 57.7 Å². The number of aliphatic hydroxyl groups is 1. The molecular weight excluding hydrogens is 290 g/mol. The van der Waals surface area contributed by atoms with E-state index in [-0.39, 0.29) is 23.3 Å². The van der Waals surface area contributed by atoms with Crippen LogP contribution in [0.4, 0.5) is 0 Å². The van der Waals surface area contributed by atoms with Gasteiger partial charge in [-0.1, -0.05) is 49.6 Å². The molecule has 1 unspecified atom stereocenters. The number of hydrogen-bond acceptors (Lipinski definition) is 3. The smallest absolute Gasteiger partial charge is 0.257 e. The van der Waals surface area contributed by atoms with Crippen LogP contribution in [-0.2, 0) is 9.59 Å². The molecule has 0 saturated heterocycles. The molecule has 1 N–H and O–H groups in total. The molecule has 1 fully saturated rings. The van der Waals surface area contributed by atoms with Gasteiger partial charge in [-0.3, -0.25) is 9.59 Å². The van der Waals surface area contributed by atoms with E-state index in [1.807, 2.05) is 30.3 Å². The van der Waals surface area contributed by atoms with Crippen LogP contribution in [0, 0.1) is 0 Å². The lowest BCUT2D eigenvalue weighted by Gasteiger charge is -2.40. The summed E-state index contributed by atoms with van der Waals surface area (Å²) in [6.07, 6.45) is 5.05. The summed E-state index contributed by atoms with van der Waals surface area (Å²) < 4.78 is 0. The van der Waals surface area contributed by atoms with E-state index >= 15 is 0 Å². The van der Waals surface area contributed by atoms with Gasteiger partial charge in [-0.05, 0) is 32.3 Å². The zero-order valence-corrected chi connectivity index (χ0v) is 13.7. The second kappa shape index (κ2) is 5.93. The maximum absolute atomic E-state index is 13.1. The Morgan fingerprint density at radius 3 is 2.35 bits per heavy atom. The minimum Gasteiger partial charge on any atom is -0.367 e. The number of nitrogens with zero attached hydrogens (tertiary/aromatic N) is 1. The van der Waals surface area contributed by atoms with Crippen molar-refractivity contribution in [2.24, 2.45) is 0 Å². The van der Waals surface area contributed by atoms with Crippen LogP contribution < -0.4 is 0 Å². The van der Waals surface area contributed by atoms with Crippen molar-refractivity contribution in [3.8, 4) is 0 Å². The molecule has 1 amide bonds. The number of rotatable bonds is 3. The largest absolute Gasteiger partial charge is 0.367 e. The molecule has 1 heterocycles. The maximum Gasteiger partial charge on any atom is 0.257 e. The topological polar surface area (TPSA) is 57.6 Å². The molecule has 4 nitrogen and oxygen atoms in total. The minimum absolute atomic E-state index is 0.00168. The summed E-state index contributed by atoms with van der Waals surface area (Å²) in [6.45, 7) is 3.00. The highest BCUT2D eigenvalue weighted by atomic mass is 16.3. The molecule has 2 aliphatic rings. The van der Waals surface area contributed by atoms with E-state index in [0.717, 1.165) is 25.7 Å². The standard InChI is InChI=1S/C19H23NO3/c1-13(21)17-16(14-9-5-3-6-10-14)18(22)20(19(17,2)23)15-11-7-4-8-12-15/h3,5-6,9-10,15,23H,4,7-8,11-12H2,1-2H3. The highest BCUT2D eigenvalue weighted by Gasteiger charge is 2.51. The van der Waals surface area contributed by atoms with E-state index in [9.17, 15) is 14.7 Å². The molecule has 0 radical (unpaired) electrons. The Balaban J connectivity index is 2.10. The molecule has 122 valence electrons. The number of benzene rings is 1. The van der Waals surface area contributed by atoms with Gasteiger partial charge in [0, 0.05) is 6.04 Å².